The molecule has 0 aliphatic heterocycles. The van der Waals surface area contributed by atoms with Gasteiger partial charge in [-0.3, -0.25) is 4.79 Å². The largest absolute Gasteiger partial charge is 0.452 e. The third-order valence-corrected chi connectivity index (χ3v) is 5.04. The molecule has 1 aromatic carbocycles. The Morgan fingerprint density at radius 3 is 2.50 bits per heavy atom. The highest BCUT2D eigenvalue weighted by atomic mass is 32.2. The van der Waals surface area contributed by atoms with Gasteiger partial charge in [0.05, 0.1) is 16.7 Å². The number of alkyl halides is 3. The number of nitrogens with zero attached hydrogens (tertiary/aromatic N) is 2. The highest BCUT2D eigenvalue weighted by Crippen LogP contribution is 2.40. The molecular formula is C20H16F3N3O3S. The molecule has 3 rings (SSSR count). The highest BCUT2D eigenvalue weighted by molar-refractivity contribution is 7.98. The van der Waals surface area contributed by atoms with E-state index in [4.69, 9.17) is 4.74 Å². The lowest BCUT2D eigenvalue weighted by Gasteiger charge is -2.11. The number of thioether (sulfide) groups is 1. The van der Waals surface area contributed by atoms with Gasteiger partial charge in [-0.05, 0) is 49.4 Å². The van der Waals surface area contributed by atoms with Gasteiger partial charge < -0.3 is 10.1 Å². The predicted octanol–water partition coefficient (Wildman–Crippen LogP) is 4.37. The lowest BCUT2D eigenvalue weighted by molar-refractivity contribution is -0.137. The van der Waals surface area contributed by atoms with Gasteiger partial charge in [-0.15, -0.1) is 11.8 Å². The Balaban J connectivity index is 1.66. The standard InChI is InChI=1S/C20H16F3N3O3S/c1-30-18-15(9-24)14(8-16(26-18)11-2-3-11)19(28)29-10-17(27)25-13-6-4-12(5-7-13)20(21,22)23/h4-8,11H,2-3,10H2,1H3,(H,25,27). The SMILES string of the molecule is CSc1nc(C2CC2)cc(C(=O)OCC(=O)Nc2ccc(C(F)(F)F)cc2)c1C#N. The van der Waals surface area contributed by atoms with Crippen molar-refractivity contribution < 1.29 is 27.5 Å². The first-order chi connectivity index (χ1) is 14.2. The van der Waals surface area contributed by atoms with Crippen LogP contribution in [0.2, 0.25) is 0 Å². The minimum absolute atomic E-state index is 0.0427. The number of carbonyl (C=O) groups excluding carboxylic acids is 2. The van der Waals surface area contributed by atoms with Crippen molar-refractivity contribution in [2.24, 2.45) is 0 Å². The van der Waals surface area contributed by atoms with Crippen molar-refractivity contribution in [2.45, 2.75) is 30.0 Å². The van der Waals surface area contributed by atoms with Crippen LogP contribution in [0.5, 0.6) is 0 Å². The third-order valence-electron chi connectivity index (χ3n) is 4.36. The Morgan fingerprint density at radius 2 is 1.97 bits per heavy atom. The summed E-state index contributed by atoms with van der Waals surface area (Å²) < 4.78 is 42.7. The highest BCUT2D eigenvalue weighted by Gasteiger charge is 2.30. The number of nitriles is 1. The van der Waals surface area contributed by atoms with Crippen molar-refractivity contribution in [3.05, 3.63) is 52.7 Å². The lowest BCUT2D eigenvalue weighted by Crippen LogP contribution is -2.21. The van der Waals surface area contributed by atoms with E-state index in [2.05, 4.69) is 10.3 Å². The Kier molecular flexibility index (Phi) is 6.31. The zero-order chi connectivity index (χ0) is 21.9. The van der Waals surface area contributed by atoms with E-state index in [1.807, 2.05) is 6.07 Å². The van der Waals surface area contributed by atoms with Gasteiger partial charge in [0, 0.05) is 17.3 Å². The van der Waals surface area contributed by atoms with Crippen LogP contribution in [0.25, 0.3) is 0 Å². The molecule has 1 aliphatic carbocycles. The molecule has 2 aromatic rings. The lowest BCUT2D eigenvalue weighted by atomic mass is 10.1. The van der Waals surface area contributed by atoms with Crippen LogP contribution in [-0.2, 0) is 15.7 Å². The van der Waals surface area contributed by atoms with Crippen molar-refractivity contribution in [1.29, 1.82) is 5.26 Å². The van der Waals surface area contributed by atoms with E-state index in [0.717, 1.165) is 37.1 Å². The summed E-state index contributed by atoms with van der Waals surface area (Å²) in [7, 11) is 0. The van der Waals surface area contributed by atoms with E-state index in [1.54, 1.807) is 6.26 Å². The molecule has 1 aromatic heterocycles. The fraction of sp³-hybridized carbons (Fsp3) is 0.300. The predicted molar refractivity (Wildman–Crippen MR) is 103 cm³/mol. The molecule has 1 heterocycles. The number of anilines is 1. The number of hydrogen-bond acceptors (Lipinski definition) is 6. The average Bonchev–Trinajstić information content (AvgIpc) is 3.56. The summed E-state index contributed by atoms with van der Waals surface area (Å²) in [6.45, 7) is -0.652. The van der Waals surface area contributed by atoms with Crippen molar-refractivity contribution in [1.82, 2.24) is 4.98 Å². The van der Waals surface area contributed by atoms with Crippen molar-refractivity contribution in [3.63, 3.8) is 0 Å². The molecule has 1 fully saturated rings. The maximum atomic E-state index is 12.6. The summed E-state index contributed by atoms with van der Waals surface area (Å²) >= 11 is 1.24. The average molecular weight is 435 g/mol. The summed E-state index contributed by atoms with van der Waals surface area (Å²) in [5.41, 5.74) is 0.122. The molecule has 0 atom stereocenters. The number of ether oxygens (including phenoxy) is 1. The molecule has 6 nitrogen and oxygen atoms in total. The number of halogens is 3. The zero-order valence-electron chi connectivity index (χ0n) is 15.7. The maximum absolute atomic E-state index is 12.6. The number of aromatic nitrogens is 1. The van der Waals surface area contributed by atoms with Crippen LogP contribution in [0.1, 0.15) is 45.9 Å². The number of nitrogens with one attached hydrogen (secondary N) is 1. The molecule has 0 unspecified atom stereocenters. The second kappa shape index (κ2) is 8.75. The maximum Gasteiger partial charge on any atom is 0.416 e. The Morgan fingerprint density at radius 1 is 1.30 bits per heavy atom. The zero-order valence-corrected chi connectivity index (χ0v) is 16.6. The van der Waals surface area contributed by atoms with E-state index >= 15 is 0 Å². The van der Waals surface area contributed by atoms with Gasteiger partial charge >= 0.3 is 12.1 Å². The monoisotopic (exact) mass is 435 g/mol. The smallest absolute Gasteiger partial charge is 0.416 e. The van der Waals surface area contributed by atoms with Crippen LogP contribution < -0.4 is 5.32 Å². The van der Waals surface area contributed by atoms with Crippen LogP contribution in [0.3, 0.4) is 0 Å². The number of benzene rings is 1. The molecule has 0 bridgehead atoms. The molecule has 1 saturated carbocycles. The quantitative estimate of drug-likeness (QED) is 0.535. The summed E-state index contributed by atoms with van der Waals surface area (Å²) in [5, 5.41) is 12.2. The third kappa shape index (κ3) is 5.10. The first kappa shape index (κ1) is 21.6. The van der Waals surface area contributed by atoms with Crippen molar-refractivity contribution >= 4 is 29.3 Å². The van der Waals surface area contributed by atoms with Crippen LogP contribution in [0, 0.1) is 11.3 Å². The van der Waals surface area contributed by atoms with Crippen LogP contribution >= 0.6 is 11.8 Å². The van der Waals surface area contributed by atoms with Gasteiger partial charge in [0.25, 0.3) is 5.91 Å². The minimum atomic E-state index is -4.48. The van der Waals surface area contributed by atoms with E-state index in [-0.39, 0.29) is 22.7 Å². The molecule has 1 N–H and O–H groups in total. The van der Waals surface area contributed by atoms with E-state index in [9.17, 15) is 28.0 Å². The summed E-state index contributed by atoms with van der Waals surface area (Å²) in [6, 6.07) is 7.35. The molecule has 0 radical (unpaired) electrons. The van der Waals surface area contributed by atoms with Gasteiger partial charge in [-0.25, -0.2) is 9.78 Å². The first-order valence-corrected chi connectivity index (χ1v) is 10.1. The number of pyridine rings is 1. The van der Waals surface area contributed by atoms with Gasteiger partial charge in [-0.2, -0.15) is 18.4 Å². The topological polar surface area (TPSA) is 92.1 Å². The van der Waals surface area contributed by atoms with Crippen LogP contribution in [0.15, 0.2) is 35.4 Å². The molecule has 10 heteroatoms. The summed E-state index contributed by atoms with van der Waals surface area (Å²) in [4.78, 5) is 28.9. The van der Waals surface area contributed by atoms with Crippen molar-refractivity contribution in [2.75, 3.05) is 18.2 Å². The molecule has 0 saturated heterocycles. The molecule has 1 aliphatic rings. The number of rotatable bonds is 6. The number of amides is 1. The van der Waals surface area contributed by atoms with Gasteiger partial charge in [0.1, 0.15) is 11.1 Å². The molecule has 156 valence electrons. The first-order valence-electron chi connectivity index (χ1n) is 8.86. The number of carbonyl (C=O) groups is 2. The summed E-state index contributed by atoms with van der Waals surface area (Å²) in [6.07, 6.45) is -0.823. The second-order valence-electron chi connectivity index (χ2n) is 6.56. The van der Waals surface area contributed by atoms with E-state index in [0.29, 0.717) is 10.7 Å². The fourth-order valence-electron chi connectivity index (χ4n) is 2.69. The van der Waals surface area contributed by atoms with Gasteiger partial charge in [0.2, 0.25) is 0 Å². The minimum Gasteiger partial charge on any atom is -0.452 e. The molecule has 1 amide bonds. The Hall–Kier alpha value is -3.06. The van der Waals surface area contributed by atoms with Crippen molar-refractivity contribution in [3.8, 4) is 6.07 Å². The van der Waals surface area contributed by atoms with E-state index < -0.39 is 30.2 Å². The van der Waals surface area contributed by atoms with Gasteiger partial charge in [0.15, 0.2) is 6.61 Å². The molecular weight excluding hydrogens is 419 g/mol. The Bertz CT molecular complexity index is 1010. The second-order valence-corrected chi connectivity index (χ2v) is 7.36. The van der Waals surface area contributed by atoms with E-state index in [1.165, 1.54) is 17.8 Å². The Labute approximate surface area is 174 Å². The molecule has 30 heavy (non-hydrogen) atoms. The number of esters is 1. The van der Waals surface area contributed by atoms with Gasteiger partial charge in [-0.1, -0.05) is 0 Å². The van der Waals surface area contributed by atoms with Crippen LogP contribution in [0.4, 0.5) is 18.9 Å². The summed E-state index contributed by atoms with van der Waals surface area (Å²) in [5.74, 6) is -1.31. The number of hydrogen-bond donors (Lipinski definition) is 1. The fourth-order valence-corrected chi connectivity index (χ4v) is 3.25. The van der Waals surface area contributed by atoms with Crippen LogP contribution in [-0.4, -0.2) is 29.7 Å². The normalized spacial score (nSPS) is 13.4. The molecule has 0 spiro atoms.